The van der Waals surface area contributed by atoms with Gasteiger partial charge >= 0.3 is 0 Å². The van der Waals surface area contributed by atoms with E-state index in [1.807, 2.05) is 6.07 Å². The Kier molecular flexibility index (Phi) is 90.3. The van der Waals surface area contributed by atoms with Gasteiger partial charge < -0.3 is 5.11 Å². The van der Waals surface area contributed by atoms with E-state index in [0.717, 1.165) is 0 Å². The first-order chi connectivity index (χ1) is 7.16. The number of nitrogens with zero attached hydrogens (tertiary/aromatic N) is 4. The topological polar surface area (TPSA) is 115 Å². The lowest BCUT2D eigenvalue weighted by Gasteiger charge is -1.77. The number of hydrogen-bond acceptors (Lipinski definition) is 5. The van der Waals surface area contributed by atoms with Crippen molar-refractivity contribution in [2.75, 3.05) is 6.61 Å². The van der Waals surface area contributed by atoms with E-state index in [2.05, 4.69) is 0 Å². The van der Waals surface area contributed by atoms with Gasteiger partial charge in [-0.05, 0) is 6.42 Å². The molecule has 0 rings (SSSR count). The maximum absolute atomic E-state index is 8.05. The van der Waals surface area contributed by atoms with Crippen LogP contribution in [0, 0.1) is 45.3 Å². The van der Waals surface area contributed by atoms with Crippen molar-refractivity contribution in [3.63, 3.8) is 0 Å². The lowest BCUT2D eigenvalue weighted by Crippen LogP contribution is -1.77. The van der Waals surface area contributed by atoms with E-state index >= 15 is 0 Å². The van der Waals surface area contributed by atoms with Crippen LogP contribution in [0.4, 0.5) is 0 Å². The Morgan fingerprint density at radius 1 is 0.867 bits per heavy atom. The molecule has 0 radical (unpaired) electrons. The van der Waals surface area contributed by atoms with E-state index in [9.17, 15) is 0 Å². The van der Waals surface area contributed by atoms with Gasteiger partial charge in [-0.3, -0.25) is 0 Å². The summed E-state index contributed by atoms with van der Waals surface area (Å²) in [4.78, 5) is 0. The standard InChI is InChI=1S/C4H7NO.3C2H3N/c5-3-1-2-4-6;3*1-2-3/h6H,1-2,4H2;3*1H3. The highest BCUT2D eigenvalue weighted by Crippen LogP contribution is 1.79. The van der Waals surface area contributed by atoms with E-state index in [-0.39, 0.29) is 6.61 Å². The van der Waals surface area contributed by atoms with Gasteiger partial charge in [0.1, 0.15) is 0 Å². The third kappa shape index (κ3) is 1390. The van der Waals surface area contributed by atoms with Crippen LogP contribution in [-0.4, -0.2) is 11.7 Å². The van der Waals surface area contributed by atoms with Gasteiger partial charge in [-0.2, -0.15) is 21.0 Å². The highest BCUT2D eigenvalue weighted by molar-refractivity contribution is 4.66. The molecule has 0 aliphatic carbocycles. The predicted molar refractivity (Wildman–Crippen MR) is 55.8 cm³/mol. The Balaban J connectivity index is -0.0000000581. The lowest BCUT2D eigenvalue weighted by molar-refractivity contribution is 0.290. The van der Waals surface area contributed by atoms with Crippen LogP contribution < -0.4 is 0 Å². The molecule has 82 valence electrons. The normalized spacial score (nSPS) is 4.53. The molecule has 0 aromatic rings. The number of aliphatic hydroxyl groups is 1. The van der Waals surface area contributed by atoms with E-state index in [1.54, 1.807) is 18.2 Å². The molecule has 0 atom stereocenters. The van der Waals surface area contributed by atoms with Gasteiger partial charge in [0.05, 0.1) is 24.3 Å². The smallest absolute Gasteiger partial charge is 0.0622 e. The van der Waals surface area contributed by atoms with Crippen LogP contribution in [0.25, 0.3) is 0 Å². The molecule has 0 saturated heterocycles. The second-order valence-electron chi connectivity index (χ2n) is 1.66. The van der Waals surface area contributed by atoms with Gasteiger partial charge in [0.2, 0.25) is 0 Å². The molecule has 0 aliphatic heterocycles. The molecule has 0 aromatic carbocycles. The Hall–Kier alpha value is -2.08. The number of hydrogen-bond donors (Lipinski definition) is 1. The zero-order valence-electron chi connectivity index (χ0n) is 9.36. The number of rotatable bonds is 2. The molecule has 5 heteroatoms. The Morgan fingerprint density at radius 2 is 1.13 bits per heavy atom. The minimum atomic E-state index is 0.133. The highest BCUT2D eigenvalue weighted by Gasteiger charge is 1.75. The Morgan fingerprint density at radius 3 is 1.20 bits per heavy atom. The van der Waals surface area contributed by atoms with Crippen LogP contribution in [0.15, 0.2) is 0 Å². The quantitative estimate of drug-likeness (QED) is 0.695. The van der Waals surface area contributed by atoms with Gasteiger partial charge in [0.15, 0.2) is 0 Å². The van der Waals surface area contributed by atoms with Crippen molar-refractivity contribution >= 4 is 0 Å². The molecule has 15 heavy (non-hydrogen) atoms. The van der Waals surface area contributed by atoms with E-state index in [1.165, 1.54) is 20.8 Å². The van der Waals surface area contributed by atoms with Crippen molar-refractivity contribution < 1.29 is 5.11 Å². The minimum Gasteiger partial charge on any atom is -0.396 e. The molecule has 0 saturated carbocycles. The third-order valence-corrected chi connectivity index (χ3v) is 0.447. The fourth-order valence-corrected chi connectivity index (χ4v) is 0.158. The fourth-order valence-electron chi connectivity index (χ4n) is 0.158. The monoisotopic (exact) mass is 208 g/mol. The first kappa shape index (κ1) is 23.1. The molecule has 5 nitrogen and oxygen atoms in total. The summed E-state index contributed by atoms with van der Waals surface area (Å²) in [5.41, 5.74) is 0. The number of aliphatic hydroxyl groups excluding tert-OH is 1. The average molecular weight is 208 g/mol. The second kappa shape index (κ2) is 58.7. The Labute approximate surface area is 91.4 Å². The molecule has 0 spiro atoms. The van der Waals surface area contributed by atoms with E-state index in [0.29, 0.717) is 12.8 Å². The maximum Gasteiger partial charge on any atom is 0.0622 e. The molecule has 0 bridgehead atoms. The van der Waals surface area contributed by atoms with Crippen LogP contribution >= 0.6 is 0 Å². The highest BCUT2D eigenvalue weighted by atomic mass is 16.2. The molecule has 0 fully saturated rings. The number of unbranched alkanes of at least 4 members (excludes halogenated alkanes) is 1. The fraction of sp³-hybridized carbons (Fsp3) is 0.600. The first-order valence-electron chi connectivity index (χ1n) is 4.06. The molecule has 0 aliphatic rings. The molecule has 0 aromatic heterocycles. The summed E-state index contributed by atoms with van der Waals surface area (Å²) in [5.74, 6) is 0. The van der Waals surface area contributed by atoms with Crippen molar-refractivity contribution in [3.8, 4) is 24.3 Å². The van der Waals surface area contributed by atoms with Crippen LogP contribution in [-0.2, 0) is 0 Å². The third-order valence-electron chi connectivity index (χ3n) is 0.447. The van der Waals surface area contributed by atoms with Gasteiger partial charge in [0.25, 0.3) is 0 Å². The van der Waals surface area contributed by atoms with Crippen molar-refractivity contribution in [2.24, 2.45) is 0 Å². The van der Waals surface area contributed by atoms with Crippen molar-refractivity contribution in [3.05, 3.63) is 0 Å². The lowest BCUT2D eigenvalue weighted by atomic mass is 10.4. The summed E-state index contributed by atoms with van der Waals surface area (Å²) in [6, 6.07) is 7.16. The molecular formula is C10H16N4O. The number of nitriles is 4. The van der Waals surface area contributed by atoms with Crippen LogP contribution in [0.5, 0.6) is 0 Å². The minimum absolute atomic E-state index is 0.133. The summed E-state index contributed by atoms with van der Waals surface area (Å²) in [7, 11) is 0. The molecule has 1 N–H and O–H groups in total. The molecule has 0 amide bonds. The zero-order chi connectivity index (χ0) is 12.9. The SMILES string of the molecule is CC#N.CC#N.CC#N.N#CCCCO. The molecule has 0 heterocycles. The summed E-state index contributed by atoms with van der Waals surface area (Å²) in [6.45, 7) is 4.42. The predicted octanol–water partition coefficient (Wildman–Crippen LogP) is 1.87. The molecule has 0 unspecified atom stereocenters. The average Bonchev–Trinajstić information content (AvgIpc) is 2.18. The van der Waals surface area contributed by atoms with E-state index in [4.69, 9.17) is 26.2 Å². The van der Waals surface area contributed by atoms with Crippen molar-refractivity contribution in [2.45, 2.75) is 33.6 Å². The van der Waals surface area contributed by atoms with Gasteiger partial charge in [-0.25, -0.2) is 0 Å². The van der Waals surface area contributed by atoms with Crippen molar-refractivity contribution in [1.29, 1.82) is 21.0 Å². The van der Waals surface area contributed by atoms with Crippen LogP contribution in [0.2, 0.25) is 0 Å². The summed E-state index contributed by atoms with van der Waals surface area (Å²) in [5, 5.41) is 37.8. The maximum atomic E-state index is 8.05. The second-order valence-corrected chi connectivity index (χ2v) is 1.66. The first-order valence-corrected chi connectivity index (χ1v) is 4.06. The largest absolute Gasteiger partial charge is 0.396 e. The van der Waals surface area contributed by atoms with Gasteiger partial charge in [0, 0.05) is 33.8 Å². The van der Waals surface area contributed by atoms with Crippen molar-refractivity contribution in [1.82, 2.24) is 0 Å². The zero-order valence-corrected chi connectivity index (χ0v) is 9.36. The van der Waals surface area contributed by atoms with Gasteiger partial charge in [-0.15, -0.1) is 0 Å². The van der Waals surface area contributed by atoms with Crippen LogP contribution in [0.3, 0.4) is 0 Å². The summed E-state index contributed by atoms with van der Waals surface area (Å²) < 4.78 is 0. The van der Waals surface area contributed by atoms with Crippen LogP contribution in [0.1, 0.15) is 33.6 Å². The Bertz CT molecular complexity index is 208. The summed E-state index contributed by atoms with van der Waals surface area (Å²) >= 11 is 0. The van der Waals surface area contributed by atoms with E-state index < -0.39 is 0 Å². The van der Waals surface area contributed by atoms with Gasteiger partial charge in [-0.1, -0.05) is 0 Å². The summed E-state index contributed by atoms with van der Waals surface area (Å²) in [6.07, 6.45) is 1.08. The molecular weight excluding hydrogens is 192 g/mol.